The predicted octanol–water partition coefficient (Wildman–Crippen LogP) is 5.38. The van der Waals surface area contributed by atoms with Crippen LogP contribution in [0, 0.1) is 0 Å². The summed E-state index contributed by atoms with van der Waals surface area (Å²) in [7, 11) is 0. The van der Waals surface area contributed by atoms with E-state index in [0.717, 1.165) is 40.8 Å². The van der Waals surface area contributed by atoms with Gasteiger partial charge >= 0.3 is 0 Å². The lowest BCUT2D eigenvalue weighted by atomic mass is 9.98. The molecular formula is C31H29N3O3. The molecule has 1 aliphatic rings. The smallest absolute Gasteiger partial charge is 0.251 e. The summed E-state index contributed by atoms with van der Waals surface area (Å²) in [6, 6.07) is 27.4. The maximum Gasteiger partial charge on any atom is 0.251 e. The molecule has 6 heteroatoms. The molecule has 4 aromatic rings. The molecular weight excluding hydrogens is 462 g/mol. The summed E-state index contributed by atoms with van der Waals surface area (Å²) in [5.74, 6) is 0.801. The lowest BCUT2D eigenvalue weighted by Crippen LogP contribution is -2.23. The van der Waals surface area contributed by atoms with Crippen LogP contribution in [0.4, 0.5) is 0 Å². The van der Waals surface area contributed by atoms with Gasteiger partial charge < -0.3 is 15.0 Å². The van der Waals surface area contributed by atoms with Crippen molar-refractivity contribution in [2.24, 2.45) is 0 Å². The van der Waals surface area contributed by atoms with Crippen molar-refractivity contribution < 1.29 is 14.3 Å². The maximum atomic E-state index is 12.8. The molecule has 3 aromatic carbocycles. The Kier molecular flexibility index (Phi) is 7.55. The van der Waals surface area contributed by atoms with Crippen molar-refractivity contribution >= 4 is 11.8 Å². The van der Waals surface area contributed by atoms with Gasteiger partial charge in [-0.05, 0) is 70.6 Å². The van der Waals surface area contributed by atoms with Crippen LogP contribution in [-0.4, -0.2) is 28.2 Å². The third kappa shape index (κ3) is 6.22. The summed E-state index contributed by atoms with van der Waals surface area (Å²) >= 11 is 0. The molecule has 1 aliphatic heterocycles. The molecule has 0 aliphatic carbocycles. The Morgan fingerprint density at radius 3 is 2.38 bits per heavy atom. The van der Waals surface area contributed by atoms with E-state index in [9.17, 15) is 9.59 Å². The molecule has 1 aromatic heterocycles. The summed E-state index contributed by atoms with van der Waals surface area (Å²) in [4.78, 5) is 30.6. The van der Waals surface area contributed by atoms with Gasteiger partial charge in [0.1, 0.15) is 12.4 Å². The first-order valence-electron chi connectivity index (χ1n) is 12.5. The molecule has 2 heterocycles. The van der Waals surface area contributed by atoms with Crippen molar-refractivity contribution in [3.05, 3.63) is 120 Å². The summed E-state index contributed by atoms with van der Waals surface area (Å²) in [5, 5.41) is 3.04. The van der Waals surface area contributed by atoms with Gasteiger partial charge in [-0.2, -0.15) is 0 Å². The van der Waals surface area contributed by atoms with E-state index in [-0.39, 0.29) is 11.8 Å². The second-order valence-electron chi connectivity index (χ2n) is 9.12. The molecule has 0 spiro atoms. The number of amides is 2. The lowest BCUT2D eigenvalue weighted by Gasteiger charge is -2.16. The molecule has 2 amide bonds. The zero-order chi connectivity index (χ0) is 25.5. The quantitative estimate of drug-likeness (QED) is 0.341. The SMILES string of the molecule is O=C(NCc1ccccc1-c1ccc(CN2CCCC2=O)cc1)c1ccc(OCc2ccncc2)cc1. The van der Waals surface area contributed by atoms with Gasteiger partial charge in [-0.3, -0.25) is 14.6 Å². The van der Waals surface area contributed by atoms with Crippen molar-refractivity contribution in [3.63, 3.8) is 0 Å². The van der Waals surface area contributed by atoms with E-state index in [4.69, 9.17) is 4.74 Å². The van der Waals surface area contributed by atoms with Crippen LogP contribution in [0.3, 0.4) is 0 Å². The minimum atomic E-state index is -0.138. The molecule has 0 saturated carbocycles. The molecule has 0 atom stereocenters. The number of hydrogen-bond donors (Lipinski definition) is 1. The number of rotatable bonds is 9. The molecule has 1 saturated heterocycles. The Labute approximate surface area is 216 Å². The van der Waals surface area contributed by atoms with Gasteiger partial charge in [-0.25, -0.2) is 0 Å². The van der Waals surface area contributed by atoms with Crippen LogP contribution in [0.5, 0.6) is 5.75 Å². The standard InChI is InChI=1S/C31H29N3O3/c35-30-6-3-19-34(30)21-23-7-9-25(10-8-23)29-5-2-1-4-27(29)20-33-31(36)26-11-13-28(14-12-26)37-22-24-15-17-32-18-16-24/h1-2,4-5,7-18H,3,6,19-22H2,(H,33,36). The van der Waals surface area contributed by atoms with E-state index in [0.29, 0.717) is 37.4 Å². The van der Waals surface area contributed by atoms with Crippen LogP contribution in [0.15, 0.2) is 97.3 Å². The molecule has 6 nitrogen and oxygen atoms in total. The second-order valence-corrected chi connectivity index (χ2v) is 9.12. The van der Waals surface area contributed by atoms with Gasteiger partial charge in [-0.15, -0.1) is 0 Å². The largest absolute Gasteiger partial charge is 0.489 e. The number of likely N-dealkylation sites (tertiary alicyclic amines) is 1. The minimum Gasteiger partial charge on any atom is -0.489 e. The first-order chi connectivity index (χ1) is 18.2. The van der Waals surface area contributed by atoms with Gasteiger partial charge in [0.25, 0.3) is 5.91 Å². The molecule has 1 N–H and O–H groups in total. The van der Waals surface area contributed by atoms with E-state index in [1.165, 1.54) is 0 Å². The number of carbonyl (C=O) groups is 2. The Hall–Kier alpha value is -4.45. The van der Waals surface area contributed by atoms with Gasteiger partial charge in [0.2, 0.25) is 5.91 Å². The fourth-order valence-electron chi connectivity index (χ4n) is 4.46. The summed E-state index contributed by atoms with van der Waals surface area (Å²) < 4.78 is 5.79. The first-order valence-corrected chi connectivity index (χ1v) is 12.5. The first kappa shape index (κ1) is 24.3. The zero-order valence-corrected chi connectivity index (χ0v) is 20.6. The van der Waals surface area contributed by atoms with Gasteiger partial charge in [-0.1, -0.05) is 48.5 Å². The number of hydrogen-bond acceptors (Lipinski definition) is 4. The van der Waals surface area contributed by atoms with E-state index in [1.807, 2.05) is 35.2 Å². The number of pyridine rings is 1. The van der Waals surface area contributed by atoms with Crippen LogP contribution < -0.4 is 10.1 Å². The Morgan fingerprint density at radius 1 is 0.892 bits per heavy atom. The summed E-state index contributed by atoms with van der Waals surface area (Å²) in [5.41, 5.74) is 5.93. The highest BCUT2D eigenvalue weighted by Gasteiger charge is 2.20. The molecule has 0 bridgehead atoms. The van der Waals surface area contributed by atoms with Crippen molar-refractivity contribution in [2.45, 2.75) is 32.5 Å². The molecule has 1 fully saturated rings. The van der Waals surface area contributed by atoms with Crippen molar-refractivity contribution in [1.82, 2.24) is 15.2 Å². The van der Waals surface area contributed by atoms with E-state index in [2.05, 4.69) is 40.6 Å². The van der Waals surface area contributed by atoms with Crippen LogP contribution in [-0.2, 0) is 24.5 Å². The minimum absolute atomic E-state index is 0.138. The fourth-order valence-corrected chi connectivity index (χ4v) is 4.46. The number of carbonyl (C=O) groups excluding carboxylic acids is 2. The van der Waals surface area contributed by atoms with Crippen molar-refractivity contribution in [1.29, 1.82) is 0 Å². The maximum absolute atomic E-state index is 12.8. The topological polar surface area (TPSA) is 71.5 Å². The lowest BCUT2D eigenvalue weighted by molar-refractivity contribution is -0.128. The molecule has 37 heavy (non-hydrogen) atoms. The predicted molar refractivity (Wildman–Crippen MR) is 143 cm³/mol. The highest BCUT2D eigenvalue weighted by atomic mass is 16.5. The third-order valence-electron chi connectivity index (χ3n) is 6.54. The number of nitrogens with one attached hydrogen (secondary N) is 1. The second kappa shape index (κ2) is 11.5. The highest BCUT2D eigenvalue weighted by molar-refractivity contribution is 5.94. The van der Waals surface area contributed by atoms with Crippen molar-refractivity contribution in [2.75, 3.05) is 6.54 Å². The number of aromatic nitrogens is 1. The molecule has 5 rings (SSSR count). The Balaban J connectivity index is 1.19. The van der Waals surface area contributed by atoms with Crippen LogP contribution in [0.25, 0.3) is 11.1 Å². The number of nitrogens with zero attached hydrogens (tertiary/aromatic N) is 2. The fraction of sp³-hybridized carbons (Fsp3) is 0.194. The van der Waals surface area contributed by atoms with Crippen LogP contribution in [0.1, 0.15) is 39.9 Å². The normalized spacial score (nSPS) is 13.0. The molecule has 186 valence electrons. The summed E-state index contributed by atoms with van der Waals surface area (Å²) in [6.07, 6.45) is 5.07. The monoisotopic (exact) mass is 491 g/mol. The van der Waals surface area contributed by atoms with Crippen LogP contribution in [0.2, 0.25) is 0 Å². The van der Waals surface area contributed by atoms with Crippen LogP contribution >= 0.6 is 0 Å². The summed E-state index contributed by atoms with van der Waals surface area (Å²) in [6.45, 7) is 2.36. The third-order valence-corrected chi connectivity index (χ3v) is 6.54. The Morgan fingerprint density at radius 2 is 1.65 bits per heavy atom. The van der Waals surface area contributed by atoms with E-state index in [1.54, 1.807) is 36.7 Å². The zero-order valence-electron chi connectivity index (χ0n) is 20.6. The highest BCUT2D eigenvalue weighted by Crippen LogP contribution is 2.25. The van der Waals surface area contributed by atoms with Gasteiger partial charge in [0, 0.05) is 44.0 Å². The average Bonchev–Trinajstić information content (AvgIpc) is 3.36. The number of benzene rings is 3. The Bertz CT molecular complexity index is 1350. The van der Waals surface area contributed by atoms with E-state index >= 15 is 0 Å². The van der Waals surface area contributed by atoms with Gasteiger partial charge in [0.15, 0.2) is 0 Å². The van der Waals surface area contributed by atoms with E-state index < -0.39 is 0 Å². The molecule has 0 unspecified atom stereocenters. The number of ether oxygens (including phenoxy) is 1. The average molecular weight is 492 g/mol. The van der Waals surface area contributed by atoms with Gasteiger partial charge in [0.05, 0.1) is 0 Å². The van der Waals surface area contributed by atoms with Crippen molar-refractivity contribution in [3.8, 4) is 16.9 Å². The molecule has 0 radical (unpaired) electrons.